The first-order chi connectivity index (χ1) is 12.1. The number of primary amides is 1. The number of nitrogens with zero attached hydrogens (tertiary/aromatic N) is 1. The number of nitrogens with two attached hydrogens (primary N) is 1. The largest absolute Gasteiger partial charge is 0.366 e. The molecule has 2 aromatic heterocycles. The third kappa shape index (κ3) is 2.78. The normalized spacial score (nSPS) is 13.2. The van der Waals surface area contributed by atoms with Crippen LogP contribution in [0.3, 0.4) is 0 Å². The minimum Gasteiger partial charge on any atom is -0.366 e. The summed E-state index contributed by atoms with van der Waals surface area (Å²) in [6, 6.07) is 12.7. The minimum atomic E-state index is -0.471. The van der Waals surface area contributed by atoms with Crippen molar-refractivity contribution in [3.8, 4) is 22.5 Å². The van der Waals surface area contributed by atoms with E-state index in [2.05, 4.69) is 15.3 Å². The van der Waals surface area contributed by atoms with E-state index in [0.29, 0.717) is 17.7 Å². The lowest BCUT2D eigenvalue weighted by molar-refractivity contribution is 0.0944. The van der Waals surface area contributed by atoms with Crippen molar-refractivity contribution < 1.29 is 9.59 Å². The van der Waals surface area contributed by atoms with Gasteiger partial charge in [-0.2, -0.15) is 0 Å². The lowest BCUT2D eigenvalue weighted by Gasteiger charge is -2.11. The van der Waals surface area contributed by atoms with Crippen molar-refractivity contribution in [3.05, 3.63) is 65.5 Å². The van der Waals surface area contributed by atoms with Gasteiger partial charge in [0.2, 0.25) is 5.91 Å². The van der Waals surface area contributed by atoms with Gasteiger partial charge in [0.1, 0.15) is 0 Å². The number of fused-ring (bicyclic) bond motifs is 1. The maximum Gasteiger partial charge on any atom is 0.253 e. The molecular weight excluding hydrogens is 316 g/mol. The molecule has 1 aliphatic heterocycles. The highest BCUT2D eigenvalue weighted by Crippen LogP contribution is 2.27. The number of aromatic nitrogens is 2. The molecule has 3 aromatic rings. The van der Waals surface area contributed by atoms with Gasteiger partial charge in [-0.3, -0.25) is 14.6 Å². The molecule has 124 valence electrons. The predicted octanol–water partition coefficient (Wildman–Crippen LogP) is 2.13. The van der Waals surface area contributed by atoms with Gasteiger partial charge >= 0.3 is 0 Å². The van der Waals surface area contributed by atoms with Crippen molar-refractivity contribution in [2.75, 3.05) is 6.54 Å². The molecule has 6 heteroatoms. The summed E-state index contributed by atoms with van der Waals surface area (Å²) >= 11 is 0. The molecule has 1 aliphatic rings. The second kappa shape index (κ2) is 5.90. The van der Waals surface area contributed by atoms with Crippen LogP contribution in [-0.4, -0.2) is 28.3 Å². The van der Waals surface area contributed by atoms with Crippen molar-refractivity contribution >= 4 is 11.8 Å². The maximum absolute atomic E-state index is 11.9. The topological polar surface area (TPSA) is 101 Å². The number of amides is 2. The molecule has 0 saturated heterocycles. The number of carbonyl (C=O) groups is 2. The molecule has 0 fully saturated rings. The Kier molecular flexibility index (Phi) is 3.57. The van der Waals surface area contributed by atoms with Gasteiger partial charge in [0.25, 0.3) is 5.91 Å². The number of pyridine rings is 1. The quantitative estimate of drug-likeness (QED) is 0.685. The summed E-state index contributed by atoms with van der Waals surface area (Å²) in [5.41, 5.74) is 10.8. The predicted molar refractivity (Wildman–Crippen MR) is 94.0 cm³/mol. The van der Waals surface area contributed by atoms with Gasteiger partial charge in [-0.05, 0) is 30.3 Å². The number of hydrogen-bond acceptors (Lipinski definition) is 3. The molecule has 4 N–H and O–H groups in total. The second-order valence-corrected chi connectivity index (χ2v) is 5.96. The van der Waals surface area contributed by atoms with E-state index in [0.717, 1.165) is 34.6 Å². The average Bonchev–Trinajstić information content (AvgIpc) is 3.08. The molecule has 0 bridgehead atoms. The Morgan fingerprint density at radius 2 is 2.00 bits per heavy atom. The summed E-state index contributed by atoms with van der Waals surface area (Å²) in [4.78, 5) is 31.0. The smallest absolute Gasteiger partial charge is 0.253 e. The fourth-order valence-corrected chi connectivity index (χ4v) is 3.04. The summed E-state index contributed by atoms with van der Waals surface area (Å²) < 4.78 is 0. The molecule has 0 aliphatic carbocycles. The van der Waals surface area contributed by atoms with E-state index in [-0.39, 0.29) is 5.91 Å². The van der Waals surface area contributed by atoms with Gasteiger partial charge in [0, 0.05) is 47.2 Å². The zero-order chi connectivity index (χ0) is 17.4. The summed E-state index contributed by atoms with van der Waals surface area (Å²) in [5, 5.41) is 2.84. The Morgan fingerprint density at radius 1 is 1.12 bits per heavy atom. The average molecular weight is 332 g/mol. The maximum atomic E-state index is 11.9. The Balaban J connectivity index is 1.74. The highest BCUT2D eigenvalue weighted by Gasteiger charge is 2.20. The van der Waals surface area contributed by atoms with Crippen molar-refractivity contribution in [1.82, 2.24) is 15.3 Å². The van der Waals surface area contributed by atoms with Crippen LogP contribution < -0.4 is 11.1 Å². The number of nitrogens with one attached hydrogen (secondary N) is 2. The second-order valence-electron chi connectivity index (χ2n) is 5.96. The Labute approximate surface area is 144 Å². The van der Waals surface area contributed by atoms with E-state index in [1.54, 1.807) is 24.4 Å². The first-order valence-corrected chi connectivity index (χ1v) is 7.98. The Hall–Kier alpha value is -3.41. The van der Waals surface area contributed by atoms with Crippen LogP contribution >= 0.6 is 0 Å². The summed E-state index contributed by atoms with van der Waals surface area (Å²) in [5.74, 6) is -0.520. The van der Waals surface area contributed by atoms with E-state index >= 15 is 0 Å². The monoisotopic (exact) mass is 332 g/mol. The number of benzene rings is 1. The minimum absolute atomic E-state index is 0.0489. The lowest BCUT2D eigenvalue weighted by atomic mass is 10.0. The lowest BCUT2D eigenvalue weighted by Crippen LogP contribution is -2.31. The molecule has 6 nitrogen and oxygen atoms in total. The molecule has 4 rings (SSSR count). The summed E-state index contributed by atoms with van der Waals surface area (Å²) in [6.45, 7) is 0.646. The van der Waals surface area contributed by atoms with E-state index in [4.69, 9.17) is 5.73 Å². The van der Waals surface area contributed by atoms with Crippen LogP contribution in [-0.2, 0) is 6.42 Å². The third-order valence-electron chi connectivity index (χ3n) is 4.32. The van der Waals surface area contributed by atoms with Crippen LogP contribution in [0.2, 0.25) is 0 Å². The summed E-state index contributed by atoms with van der Waals surface area (Å²) in [7, 11) is 0. The van der Waals surface area contributed by atoms with Gasteiger partial charge in [-0.25, -0.2) is 0 Å². The van der Waals surface area contributed by atoms with Crippen molar-refractivity contribution in [3.63, 3.8) is 0 Å². The highest BCUT2D eigenvalue weighted by molar-refractivity contribution is 5.98. The molecule has 0 unspecified atom stereocenters. The Bertz CT molecular complexity index is 991. The number of carbonyl (C=O) groups excluding carboxylic acids is 2. The molecule has 25 heavy (non-hydrogen) atoms. The standard InChI is InChI=1S/C19H16N4O2/c20-18(24)13-3-1-2-11(8-13)16-9-12(4-6-21-16)17-10-14-15(23-17)5-7-22-19(14)25/h1-4,6,8-10,23H,5,7H2,(H2,20,24)(H,22,25). The van der Waals surface area contributed by atoms with Crippen molar-refractivity contribution in [2.24, 2.45) is 5.73 Å². The molecule has 0 spiro atoms. The van der Waals surface area contributed by atoms with Crippen LogP contribution in [0.5, 0.6) is 0 Å². The molecule has 0 atom stereocenters. The third-order valence-corrected chi connectivity index (χ3v) is 4.32. The molecule has 0 radical (unpaired) electrons. The molecule has 1 aromatic carbocycles. The van der Waals surface area contributed by atoms with Crippen LogP contribution in [0.25, 0.3) is 22.5 Å². The van der Waals surface area contributed by atoms with Gasteiger partial charge in [-0.15, -0.1) is 0 Å². The van der Waals surface area contributed by atoms with E-state index in [9.17, 15) is 9.59 Å². The zero-order valence-electron chi connectivity index (χ0n) is 13.4. The highest BCUT2D eigenvalue weighted by atomic mass is 16.2. The van der Waals surface area contributed by atoms with Crippen LogP contribution in [0.1, 0.15) is 26.4 Å². The number of rotatable bonds is 3. The summed E-state index contributed by atoms with van der Waals surface area (Å²) in [6.07, 6.45) is 2.50. The van der Waals surface area contributed by atoms with E-state index in [1.807, 2.05) is 24.3 Å². The van der Waals surface area contributed by atoms with Gasteiger partial charge < -0.3 is 16.0 Å². The van der Waals surface area contributed by atoms with Crippen LogP contribution in [0, 0.1) is 0 Å². The molecule has 0 saturated carbocycles. The molecular formula is C19H16N4O2. The fourth-order valence-electron chi connectivity index (χ4n) is 3.04. The molecule has 2 amide bonds. The zero-order valence-corrected chi connectivity index (χ0v) is 13.4. The van der Waals surface area contributed by atoms with Crippen molar-refractivity contribution in [1.29, 1.82) is 0 Å². The van der Waals surface area contributed by atoms with Crippen LogP contribution in [0.4, 0.5) is 0 Å². The van der Waals surface area contributed by atoms with E-state index in [1.165, 1.54) is 0 Å². The molecule has 3 heterocycles. The number of H-pyrrole nitrogens is 1. The fraction of sp³-hybridized carbons (Fsp3) is 0.105. The SMILES string of the molecule is NC(=O)c1cccc(-c2cc(-c3cc4c([nH]3)CCNC4=O)ccn2)c1. The van der Waals surface area contributed by atoms with Gasteiger partial charge in [-0.1, -0.05) is 12.1 Å². The number of aromatic amines is 1. The first kappa shape index (κ1) is 15.1. The van der Waals surface area contributed by atoms with Crippen molar-refractivity contribution in [2.45, 2.75) is 6.42 Å². The van der Waals surface area contributed by atoms with E-state index < -0.39 is 5.91 Å². The van der Waals surface area contributed by atoms with Gasteiger partial charge in [0.15, 0.2) is 0 Å². The van der Waals surface area contributed by atoms with Crippen LogP contribution in [0.15, 0.2) is 48.7 Å². The Morgan fingerprint density at radius 3 is 2.80 bits per heavy atom. The number of hydrogen-bond donors (Lipinski definition) is 3. The first-order valence-electron chi connectivity index (χ1n) is 7.98. The van der Waals surface area contributed by atoms with Gasteiger partial charge in [0.05, 0.1) is 11.3 Å².